The molecule has 2 heterocycles. The first kappa shape index (κ1) is 11.1. The maximum Gasteiger partial charge on any atom is 0.254 e. The minimum atomic E-state index is -0.241. The summed E-state index contributed by atoms with van der Waals surface area (Å²) in [4.78, 5) is 19.5. The van der Waals surface area contributed by atoms with Gasteiger partial charge in [-0.3, -0.25) is 14.9 Å². The summed E-state index contributed by atoms with van der Waals surface area (Å²) in [6.45, 7) is 0.461. The minimum Gasteiger partial charge on any atom is -0.398 e. The topological polar surface area (TPSA) is 110 Å². The van der Waals surface area contributed by atoms with E-state index in [9.17, 15) is 4.79 Å². The van der Waals surface area contributed by atoms with Crippen molar-refractivity contribution in [3.05, 3.63) is 36.2 Å². The number of H-pyrrole nitrogens is 1. The van der Waals surface area contributed by atoms with Crippen molar-refractivity contribution >= 4 is 11.6 Å². The molecule has 2 rings (SSSR count). The Balaban J connectivity index is 1.88. The summed E-state index contributed by atoms with van der Waals surface area (Å²) in [6.07, 6.45) is 5.00. The first-order valence-electron chi connectivity index (χ1n) is 5.09. The van der Waals surface area contributed by atoms with Crippen LogP contribution in [0.15, 0.2) is 24.8 Å². The highest BCUT2D eigenvalue weighted by atomic mass is 16.1. The second-order valence-corrected chi connectivity index (χ2v) is 3.40. The van der Waals surface area contributed by atoms with E-state index in [1.54, 1.807) is 12.3 Å². The van der Waals surface area contributed by atoms with Crippen molar-refractivity contribution in [2.75, 3.05) is 12.3 Å². The van der Waals surface area contributed by atoms with Crippen LogP contribution >= 0.6 is 0 Å². The molecular formula is C10H12N6O. The smallest absolute Gasteiger partial charge is 0.254 e. The molecule has 7 nitrogen and oxygen atoms in total. The maximum atomic E-state index is 11.7. The molecule has 0 fully saturated rings. The van der Waals surface area contributed by atoms with Crippen LogP contribution in [0.25, 0.3) is 0 Å². The number of rotatable bonds is 4. The number of nitrogen functional groups attached to an aromatic ring is 1. The lowest BCUT2D eigenvalue weighted by atomic mass is 10.2. The Morgan fingerprint density at radius 1 is 1.53 bits per heavy atom. The van der Waals surface area contributed by atoms with E-state index < -0.39 is 0 Å². The standard InChI is InChI=1S/C10H12N6O/c11-8-1-3-12-5-7(8)10(17)13-4-2-9-14-6-15-16-9/h1,3,5-6H,2,4H2,(H2,11,12)(H,13,17)(H,14,15,16). The fourth-order valence-corrected chi connectivity index (χ4v) is 1.34. The molecule has 2 aromatic heterocycles. The Hall–Kier alpha value is -2.44. The zero-order chi connectivity index (χ0) is 12.1. The van der Waals surface area contributed by atoms with Gasteiger partial charge in [0.1, 0.15) is 12.2 Å². The average molecular weight is 232 g/mol. The van der Waals surface area contributed by atoms with Gasteiger partial charge in [0, 0.05) is 31.0 Å². The number of nitrogens with two attached hydrogens (primary N) is 1. The van der Waals surface area contributed by atoms with Crippen LogP contribution in [-0.2, 0) is 6.42 Å². The van der Waals surface area contributed by atoms with Crippen molar-refractivity contribution in [3.63, 3.8) is 0 Å². The average Bonchev–Trinajstić information content (AvgIpc) is 2.82. The van der Waals surface area contributed by atoms with Crippen LogP contribution in [0.1, 0.15) is 16.2 Å². The van der Waals surface area contributed by atoms with E-state index in [2.05, 4.69) is 25.5 Å². The lowest BCUT2D eigenvalue weighted by Crippen LogP contribution is -2.26. The Labute approximate surface area is 97.5 Å². The summed E-state index contributed by atoms with van der Waals surface area (Å²) in [5.74, 6) is 0.486. The highest BCUT2D eigenvalue weighted by molar-refractivity contribution is 5.98. The molecule has 0 aliphatic rings. The number of hydrogen-bond donors (Lipinski definition) is 3. The lowest BCUT2D eigenvalue weighted by Gasteiger charge is -2.05. The van der Waals surface area contributed by atoms with Gasteiger partial charge in [-0.2, -0.15) is 5.10 Å². The number of aromatic amines is 1. The summed E-state index contributed by atoms with van der Waals surface area (Å²) >= 11 is 0. The summed E-state index contributed by atoms with van der Waals surface area (Å²) in [5, 5.41) is 9.16. The molecule has 88 valence electrons. The Morgan fingerprint density at radius 2 is 2.41 bits per heavy atom. The highest BCUT2D eigenvalue weighted by Crippen LogP contribution is 2.07. The molecule has 1 amide bonds. The van der Waals surface area contributed by atoms with Gasteiger partial charge in [0.05, 0.1) is 5.56 Å². The van der Waals surface area contributed by atoms with Crippen molar-refractivity contribution in [3.8, 4) is 0 Å². The number of hydrogen-bond acceptors (Lipinski definition) is 5. The highest BCUT2D eigenvalue weighted by Gasteiger charge is 2.08. The van der Waals surface area contributed by atoms with E-state index in [1.807, 2.05) is 0 Å². The number of anilines is 1. The van der Waals surface area contributed by atoms with Crippen molar-refractivity contribution in [1.82, 2.24) is 25.5 Å². The molecule has 0 saturated heterocycles. The van der Waals surface area contributed by atoms with Crippen LogP contribution in [0.5, 0.6) is 0 Å². The predicted molar refractivity (Wildman–Crippen MR) is 61.1 cm³/mol. The molecule has 2 aromatic rings. The quantitative estimate of drug-likeness (QED) is 0.673. The fraction of sp³-hybridized carbons (Fsp3) is 0.200. The number of amides is 1. The van der Waals surface area contributed by atoms with Gasteiger partial charge in [-0.05, 0) is 6.07 Å². The van der Waals surface area contributed by atoms with Gasteiger partial charge in [0.2, 0.25) is 0 Å². The third kappa shape index (κ3) is 2.77. The number of nitrogens with zero attached hydrogens (tertiary/aromatic N) is 3. The van der Waals surface area contributed by atoms with Gasteiger partial charge in [-0.25, -0.2) is 4.98 Å². The van der Waals surface area contributed by atoms with Crippen molar-refractivity contribution in [2.45, 2.75) is 6.42 Å². The second kappa shape index (κ2) is 5.06. The molecule has 0 bridgehead atoms. The maximum absolute atomic E-state index is 11.7. The number of aromatic nitrogens is 4. The first-order chi connectivity index (χ1) is 8.27. The van der Waals surface area contributed by atoms with Crippen LogP contribution in [0.3, 0.4) is 0 Å². The molecule has 17 heavy (non-hydrogen) atoms. The lowest BCUT2D eigenvalue weighted by molar-refractivity contribution is 0.0954. The van der Waals surface area contributed by atoms with E-state index in [0.29, 0.717) is 24.2 Å². The zero-order valence-corrected chi connectivity index (χ0v) is 9.05. The van der Waals surface area contributed by atoms with Crippen LogP contribution in [0.2, 0.25) is 0 Å². The third-order valence-corrected chi connectivity index (χ3v) is 2.21. The molecule has 4 N–H and O–H groups in total. The van der Waals surface area contributed by atoms with E-state index in [4.69, 9.17) is 5.73 Å². The van der Waals surface area contributed by atoms with Gasteiger partial charge >= 0.3 is 0 Å². The SMILES string of the molecule is Nc1ccncc1C(=O)NCCc1ncn[nH]1. The Bertz CT molecular complexity index is 495. The van der Waals surface area contributed by atoms with E-state index in [0.717, 1.165) is 5.82 Å². The molecule has 0 radical (unpaired) electrons. The van der Waals surface area contributed by atoms with Gasteiger partial charge in [0.15, 0.2) is 0 Å². The summed E-state index contributed by atoms with van der Waals surface area (Å²) in [7, 11) is 0. The first-order valence-corrected chi connectivity index (χ1v) is 5.09. The molecule has 0 unspecified atom stereocenters. The summed E-state index contributed by atoms with van der Waals surface area (Å²) < 4.78 is 0. The molecular weight excluding hydrogens is 220 g/mol. The number of pyridine rings is 1. The normalized spacial score (nSPS) is 10.1. The molecule has 7 heteroatoms. The number of carbonyl (C=O) groups excluding carboxylic acids is 1. The van der Waals surface area contributed by atoms with Crippen molar-refractivity contribution in [1.29, 1.82) is 0 Å². The van der Waals surface area contributed by atoms with Crippen LogP contribution in [0, 0.1) is 0 Å². The van der Waals surface area contributed by atoms with Gasteiger partial charge in [-0.1, -0.05) is 0 Å². The van der Waals surface area contributed by atoms with Crippen LogP contribution in [-0.4, -0.2) is 32.6 Å². The van der Waals surface area contributed by atoms with Crippen molar-refractivity contribution < 1.29 is 4.79 Å². The van der Waals surface area contributed by atoms with Gasteiger partial charge in [0.25, 0.3) is 5.91 Å². The third-order valence-electron chi connectivity index (χ3n) is 2.21. The monoisotopic (exact) mass is 232 g/mol. The van der Waals surface area contributed by atoms with E-state index in [1.165, 1.54) is 12.5 Å². The molecule has 0 saturated carbocycles. The molecule has 0 atom stereocenters. The second-order valence-electron chi connectivity index (χ2n) is 3.40. The minimum absolute atomic E-state index is 0.241. The number of nitrogens with one attached hydrogen (secondary N) is 2. The van der Waals surface area contributed by atoms with Gasteiger partial charge < -0.3 is 11.1 Å². The van der Waals surface area contributed by atoms with Gasteiger partial charge in [-0.15, -0.1) is 0 Å². The Kier molecular flexibility index (Phi) is 3.29. The largest absolute Gasteiger partial charge is 0.398 e. The molecule has 0 spiro atoms. The fourth-order valence-electron chi connectivity index (χ4n) is 1.34. The molecule has 0 aliphatic carbocycles. The van der Waals surface area contributed by atoms with Crippen LogP contribution in [0.4, 0.5) is 5.69 Å². The predicted octanol–water partition coefficient (Wildman–Crippen LogP) is -0.246. The zero-order valence-electron chi connectivity index (χ0n) is 9.05. The van der Waals surface area contributed by atoms with Crippen LogP contribution < -0.4 is 11.1 Å². The summed E-state index contributed by atoms with van der Waals surface area (Å²) in [5.41, 5.74) is 6.45. The summed E-state index contributed by atoms with van der Waals surface area (Å²) in [6, 6.07) is 1.59. The van der Waals surface area contributed by atoms with E-state index >= 15 is 0 Å². The molecule has 0 aliphatic heterocycles. The number of carbonyl (C=O) groups is 1. The van der Waals surface area contributed by atoms with Crippen molar-refractivity contribution in [2.24, 2.45) is 0 Å². The Morgan fingerprint density at radius 3 is 3.12 bits per heavy atom. The molecule has 0 aromatic carbocycles. The van der Waals surface area contributed by atoms with E-state index in [-0.39, 0.29) is 5.91 Å².